The molecule has 2 unspecified atom stereocenters. The van der Waals surface area contributed by atoms with Gasteiger partial charge in [0.25, 0.3) is 0 Å². The van der Waals surface area contributed by atoms with Crippen molar-refractivity contribution < 1.29 is 5.11 Å². The lowest BCUT2D eigenvalue weighted by molar-refractivity contribution is 0.189. The predicted molar refractivity (Wildman–Crippen MR) is 82.7 cm³/mol. The van der Waals surface area contributed by atoms with Gasteiger partial charge in [-0.2, -0.15) is 0 Å². The van der Waals surface area contributed by atoms with Crippen molar-refractivity contribution in [1.29, 1.82) is 0 Å². The van der Waals surface area contributed by atoms with E-state index in [0.717, 1.165) is 29.7 Å². The van der Waals surface area contributed by atoms with Crippen LogP contribution in [-0.4, -0.2) is 27.3 Å². The number of para-hydroxylation sites is 2. The lowest BCUT2D eigenvalue weighted by Crippen LogP contribution is -2.39. The molecule has 0 aliphatic heterocycles. The van der Waals surface area contributed by atoms with Crippen LogP contribution in [0.1, 0.15) is 39.1 Å². The summed E-state index contributed by atoms with van der Waals surface area (Å²) in [5, 5.41) is 9.84. The summed E-state index contributed by atoms with van der Waals surface area (Å²) < 4.78 is 2.14. The normalized spacial score (nSPS) is 14.9. The molecule has 2 rings (SSSR count). The van der Waals surface area contributed by atoms with Crippen molar-refractivity contribution in [3.05, 3.63) is 30.1 Å². The molecule has 0 saturated carbocycles. The second kappa shape index (κ2) is 6.37. The van der Waals surface area contributed by atoms with Crippen molar-refractivity contribution in [3.63, 3.8) is 0 Å². The number of benzene rings is 1. The zero-order valence-electron chi connectivity index (χ0n) is 12.6. The minimum atomic E-state index is -0.121. The number of hydrogen-bond donors (Lipinski definition) is 2. The second-order valence-electron chi connectivity index (χ2n) is 5.71. The largest absolute Gasteiger partial charge is 0.394 e. The van der Waals surface area contributed by atoms with Gasteiger partial charge >= 0.3 is 0 Å². The number of rotatable bonds is 6. The molecule has 0 saturated heterocycles. The maximum atomic E-state index is 9.84. The van der Waals surface area contributed by atoms with Crippen LogP contribution < -0.4 is 5.73 Å². The molecular formula is C16H25N3O. The van der Waals surface area contributed by atoms with Crippen LogP contribution in [0, 0.1) is 5.92 Å². The Morgan fingerprint density at radius 3 is 2.60 bits per heavy atom. The van der Waals surface area contributed by atoms with Crippen molar-refractivity contribution in [2.24, 2.45) is 11.7 Å². The Morgan fingerprint density at radius 1 is 1.30 bits per heavy atom. The van der Waals surface area contributed by atoms with Gasteiger partial charge in [-0.05, 0) is 24.5 Å². The SMILES string of the molecule is CCCc1nc2ccccc2n1C(CO)C(N)C(C)C. The molecule has 1 aromatic heterocycles. The zero-order chi connectivity index (χ0) is 14.7. The molecule has 0 bridgehead atoms. The van der Waals surface area contributed by atoms with Crippen LogP contribution in [0.2, 0.25) is 0 Å². The van der Waals surface area contributed by atoms with Crippen molar-refractivity contribution >= 4 is 11.0 Å². The van der Waals surface area contributed by atoms with Crippen LogP contribution in [-0.2, 0) is 6.42 Å². The number of aromatic nitrogens is 2. The van der Waals surface area contributed by atoms with E-state index in [0.29, 0.717) is 5.92 Å². The van der Waals surface area contributed by atoms with E-state index >= 15 is 0 Å². The number of imidazole rings is 1. The molecule has 110 valence electrons. The van der Waals surface area contributed by atoms with Gasteiger partial charge in [0, 0.05) is 12.5 Å². The monoisotopic (exact) mass is 275 g/mol. The molecule has 0 amide bonds. The van der Waals surface area contributed by atoms with Gasteiger partial charge in [0.1, 0.15) is 5.82 Å². The number of hydrogen-bond acceptors (Lipinski definition) is 3. The van der Waals surface area contributed by atoms with E-state index in [4.69, 9.17) is 10.7 Å². The van der Waals surface area contributed by atoms with Gasteiger partial charge in [0.2, 0.25) is 0 Å². The van der Waals surface area contributed by atoms with Gasteiger partial charge in [0.15, 0.2) is 0 Å². The van der Waals surface area contributed by atoms with E-state index in [2.05, 4.69) is 31.4 Å². The van der Waals surface area contributed by atoms with Crippen molar-refractivity contribution in [2.75, 3.05) is 6.61 Å². The molecule has 1 aromatic carbocycles. The van der Waals surface area contributed by atoms with Crippen molar-refractivity contribution in [3.8, 4) is 0 Å². The highest BCUT2D eigenvalue weighted by Crippen LogP contribution is 2.25. The van der Waals surface area contributed by atoms with E-state index in [1.807, 2.05) is 18.2 Å². The first-order valence-electron chi connectivity index (χ1n) is 7.42. The number of fused-ring (bicyclic) bond motifs is 1. The number of aliphatic hydroxyl groups excluding tert-OH is 1. The van der Waals surface area contributed by atoms with Crippen LogP contribution in [0.3, 0.4) is 0 Å². The molecular weight excluding hydrogens is 250 g/mol. The van der Waals surface area contributed by atoms with Crippen LogP contribution in [0.4, 0.5) is 0 Å². The van der Waals surface area contributed by atoms with Crippen LogP contribution in [0.5, 0.6) is 0 Å². The van der Waals surface area contributed by atoms with Crippen molar-refractivity contribution in [1.82, 2.24) is 9.55 Å². The van der Waals surface area contributed by atoms with Gasteiger partial charge in [0.05, 0.1) is 23.7 Å². The summed E-state index contributed by atoms with van der Waals surface area (Å²) in [6.45, 7) is 6.36. The number of nitrogens with zero attached hydrogens (tertiary/aromatic N) is 2. The molecule has 4 nitrogen and oxygen atoms in total. The average Bonchev–Trinajstić information content (AvgIpc) is 2.79. The third kappa shape index (κ3) is 2.72. The molecule has 0 aliphatic rings. The summed E-state index contributed by atoms with van der Waals surface area (Å²) in [5.41, 5.74) is 8.35. The van der Waals surface area contributed by atoms with E-state index in [9.17, 15) is 5.11 Å². The standard InChI is InChI=1S/C16H25N3O/c1-4-7-15-18-12-8-5-6-9-13(12)19(15)14(10-20)16(17)11(2)3/h5-6,8-9,11,14,16,20H,4,7,10,17H2,1-3H3. The maximum Gasteiger partial charge on any atom is 0.110 e. The molecule has 0 radical (unpaired) electrons. The quantitative estimate of drug-likeness (QED) is 0.851. The van der Waals surface area contributed by atoms with Gasteiger partial charge in [-0.3, -0.25) is 0 Å². The summed E-state index contributed by atoms with van der Waals surface area (Å²) in [6.07, 6.45) is 1.92. The number of nitrogens with two attached hydrogens (primary N) is 1. The summed E-state index contributed by atoms with van der Waals surface area (Å²) in [7, 11) is 0. The van der Waals surface area contributed by atoms with E-state index in [-0.39, 0.29) is 18.7 Å². The minimum Gasteiger partial charge on any atom is -0.394 e. The molecule has 4 heteroatoms. The Bertz CT molecular complexity index is 562. The number of aliphatic hydroxyl groups is 1. The van der Waals surface area contributed by atoms with Gasteiger partial charge in [-0.1, -0.05) is 32.9 Å². The third-order valence-corrected chi connectivity index (χ3v) is 3.88. The Morgan fingerprint density at radius 2 is 2.00 bits per heavy atom. The Kier molecular flexibility index (Phi) is 4.78. The zero-order valence-corrected chi connectivity index (χ0v) is 12.6. The van der Waals surface area contributed by atoms with E-state index < -0.39 is 0 Å². The van der Waals surface area contributed by atoms with Gasteiger partial charge in [-0.15, -0.1) is 0 Å². The Hall–Kier alpha value is -1.39. The molecule has 3 N–H and O–H groups in total. The lowest BCUT2D eigenvalue weighted by Gasteiger charge is -2.28. The predicted octanol–water partition coefficient (Wildman–Crippen LogP) is 2.51. The van der Waals surface area contributed by atoms with E-state index in [1.165, 1.54) is 0 Å². The fourth-order valence-corrected chi connectivity index (χ4v) is 2.68. The molecule has 20 heavy (non-hydrogen) atoms. The Balaban J connectivity index is 2.56. The average molecular weight is 275 g/mol. The minimum absolute atomic E-state index is 0.0381. The van der Waals surface area contributed by atoms with E-state index in [1.54, 1.807) is 0 Å². The van der Waals surface area contributed by atoms with Gasteiger partial charge < -0.3 is 15.4 Å². The smallest absolute Gasteiger partial charge is 0.110 e. The lowest BCUT2D eigenvalue weighted by atomic mass is 9.97. The first-order chi connectivity index (χ1) is 9.60. The summed E-state index contributed by atoms with van der Waals surface area (Å²) in [4.78, 5) is 4.71. The highest BCUT2D eigenvalue weighted by molar-refractivity contribution is 5.76. The second-order valence-corrected chi connectivity index (χ2v) is 5.71. The fraction of sp³-hybridized carbons (Fsp3) is 0.562. The highest BCUT2D eigenvalue weighted by atomic mass is 16.3. The number of aryl methyl sites for hydroxylation is 1. The first kappa shape index (κ1) is 15.0. The summed E-state index contributed by atoms with van der Waals surface area (Å²) >= 11 is 0. The molecule has 2 aromatic rings. The van der Waals surface area contributed by atoms with Crippen LogP contribution in [0.15, 0.2) is 24.3 Å². The fourth-order valence-electron chi connectivity index (χ4n) is 2.68. The topological polar surface area (TPSA) is 64.1 Å². The molecule has 2 atom stereocenters. The Labute approximate surface area is 120 Å². The van der Waals surface area contributed by atoms with Gasteiger partial charge in [-0.25, -0.2) is 4.98 Å². The first-order valence-corrected chi connectivity index (χ1v) is 7.42. The maximum absolute atomic E-state index is 9.84. The van der Waals surface area contributed by atoms with Crippen LogP contribution >= 0.6 is 0 Å². The van der Waals surface area contributed by atoms with Crippen molar-refractivity contribution in [2.45, 2.75) is 45.7 Å². The molecule has 0 spiro atoms. The highest BCUT2D eigenvalue weighted by Gasteiger charge is 2.25. The summed E-state index contributed by atoms with van der Waals surface area (Å²) in [6, 6.07) is 7.85. The molecule has 0 aliphatic carbocycles. The third-order valence-electron chi connectivity index (χ3n) is 3.88. The molecule has 0 fully saturated rings. The molecule has 1 heterocycles. The van der Waals surface area contributed by atoms with Crippen LogP contribution in [0.25, 0.3) is 11.0 Å². The summed E-state index contributed by atoms with van der Waals surface area (Å²) in [5.74, 6) is 1.33.